The highest BCUT2D eigenvalue weighted by molar-refractivity contribution is 5.92. The standard InChI is InChI=1S/C15H22N2O2/c1-15(11-18,12-7-3-2-4-8-12)17-14(19)13-9-5-6-10-16-13/h5-6,9-10,12,18H,2-4,7-8,11H2,1H3,(H,17,19). The number of rotatable bonds is 4. The average molecular weight is 262 g/mol. The Morgan fingerprint density at radius 3 is 2.74 bits per heavy atom. The molecular formula is C15H22N2O2. The first-order chi connectivity index (χ1) is 9.15. The van der Waals surface area contributed by atoms with Crippen molar-refractivity contribution in [1.29, 1.82) is 0 Å². The monoisotopic (exact) mass is 262 g/mol. The Labute approximate surface area is 114 Å². The van der Waals surface area contributed by atoms with Crippen molar-refractivity contribution in [2.24, 2.45) is 5.92 Å². The van der Waals surface area contributed by atoms with Crippen LogP contribution in [0.2, 0.25) is 0 Å². The number of aliphatic hydroxyl groups is 1. The number of nitrogens with zero attached hydrogens (tertiary/aromatic N) is 1. The molecule has 19 heavy (non-hydrogen) atoms. The zero-order valence-corrected chi connectivity index (χ0v) is 11.4. The van der Waals surface area contributed by atoms with Crippen molar-refractivity contribution in [3.05, 3.63) is 30.1 Å². The molecule has 0 radical (unpaired) electrons. The van der Waals surface area contributed by atoms with Crippen LogP contribution in [0.3, 0.4) is 0 Å². The smallest absolute Gasteiger partial charge is 0.270 e. The lowest BCUT2D eigenvalue weighted by Gasteiger charge is -2.39. The molecule has 1 aromatic heterocycles. The first-order valence-corrected chi connectivity index (χ1v) is 7.00. The highest BCUT2D eigenvalue weighted by Crippen LogP contribution is 2.32. The summed E-state index contributed by atoms with van der Waals surface area (Å²) in [5.41, 5.74) is -0.146. The van der Waals surface area contributed by atoms with Gasteiger partial charge in [0.05, 0.1) is 12.1 Å². The van der Waals surface area contributed by atoms with E-state index in [1.54, 1.807) is 24.4 Å². The maximum Gasteiger partial charge on any atom is 0.270 e. The quantitative estimate of drug-likeness (QED) is 0.874. The highest BCUT2D eigenvalue weighted by Gasteiger charge is 2.36. The van der Waals surface area contributed by atoms with E-state index in [9.17, 15) is 9.90 Å². The van der Waals surface area contributed by atoms with E-state index in [-0.39, 0.29) is 12.5 Å². The molecule has 0 aromatic carbocycles. The number of hydrogen-bond acceptors (Lipinski definition) is 3. The molecule has 0 aliphatic heterocycles. The summed E-state index contributed by atoms with van der Waals surface area (Å²) in [7, 11) is 0. The van der Waals surface area contributed by atoms with E-state index >= 15 is 0 Å². The molecule has 1 saturated carbocycles. The fourth-order valence-corrected chi connectivity index (χ4v) is 2.83. The molecule has 1 aliphatic carbocycles. The van der Waals surface area contributed by atoms with Gasteiger partial charge in [-0.05, 0) is 37.8 Å². The Hall–Kier alpha value is -1.42. The van der Waals surface area contributed by atoms with Crippen LogP contribution in [-0.2, 0) is 0 Å². The van der Waals surface area contributed by atoms with Crippen LogP contribution in [-0.4, -0.2) is 28.1 Å². The molecule has 1 unspecified atom stereocenters. The third kappa shape index (κ3) is 3.32. The van der Waals surface area contributed by atoms with Gasteiger partial charge in [-0.25, -0.2) is 0 Å². The molecule has 4 nitrogen and oxygen atoms in total. The van der Waals surface area contributed by atoms with Crippen molar-refractivity contribution in [3.63, 3.8) is 0 Å². The molecule has 1 amide bonds. The van der Waals surface area contributed by atoms with Crippen LogP contribution in [0.15, 0.2) is 24.4 Å². The number of aromatic nitrogens is 1. The molecule has 1 atom stereocenters. The Kier molecular flexibility index (Phi) is 4.53. The Bertz CT molecular complexity index is 415. The van der Waals surface area contributed by atoms with Gasteiger partial charge in [0.2, 0.25) is 0 Å². The third-order valence-corrected chi connectivity index (χ3v) is 4.13. The predicted molar refractivity (Wildman–Crippen MR) is 73.8 cm³/mol. The Morgan fingerprint density at radius 1 is 1.42 bits per heavy atom. The summed E-state index contributed by atoms with van der Waals surface area (Å²) in [4.78, 5) is 16.2. The topological polar surface area (TPSA) is 62.2 Å². The molecule has 1 aliphatic rings. The minimum atomic E-state index is -0.547. The van der Waals surface area contributed by atoms with E-state index in [2.05, 4.69) is 10.3 Å². The predicted octanol–water partition coefficient (Wildman–Crippen LogP) is 2.14. The molecule has 0 spiro atoms. The molecular weight excluding hydrogens is 240 g/mol. The summed E-state index contributed by atoms with van der Waals surface area (Å²) >= 11 is 0. The first-order valence-electron chi connectivity index (χ1n) is 7.00. The number of aliphatic hydroxyl groups excluding tert-OH is 1. The van der Waals surface area contributed by atoms with Gasteiger partial charge in [0.15, 0.2) is 0 Å². The van der Waals surface area contributed by atoms with Crippen LogP contribution in [0.1, 0.15) is 49.5 Å². The fraction of sp³-hybridized carbons (Fsp3) is 0.600. The van der Waals surface area contributed by atoms with Gasteiger partial charge in [0.1, 0.15) is 5.69 Å². The van der Waals surface area contributed by atoms with Crippen molar-refractivity contribution < 1.29 is 9.90 Å². The lowest BCUT2D eigenvalue weighted by Crippen LogP contribution is -2.54. The fourth-order valence-electron chi connectivity index (χ4n) is 2.83. The molecule has 4 heteroatoms. The third-order valence-electron chi connectivity index (χ3n) is 4.13. The number of carbonyl (C=O) groups is 1. The number of amides is 1. The van der Waals surface area contributed by atoms with E-state index < -0.39 is 5.54 Å². The number of hydrogen-bond donors (Lipinski definition) is 2. The second-order valence-corrected chi connectivity index (χ2v) is 5.58. The lowest BCUT2D eigenvalue weighted by atomic mass is 9.76. The van der Waals surface area contributed by atoms with E-state index in [0.29, 0.717) is 11.6 Å². The van der Waals surface area contributed by atoms with Crippen molar-refractivity contribution in [3.8, 4) is 0 Å². The van der Waals surface area contributed by atoms with Crippen LogP contribution < -0.4 is 5.32 Å². The van der Waals surface area contributed by atoms with Gasteiger partial charge in [-0.1, -0.05) is 25.3 Å². The first kappa shape index (κ1) is 14.0. The summed E-state index contributed by atoms with van der Waals surface area (Å²) in [6.07, 6.45) is 7.36. The number of nitrogens with one attached hydrogen (secondary N) is 1. The average Bonchev–Trinajstić information content (AvgIpc) is 2.49. The van der Waals surface area contributed by atoms with Gasteiger partial charge in [0.25, 0.3) is 5.91 Å². The summed E-state index contributed by atoms with van der Waals surface area (Å²) in [6, 6.07) is 5.26. The number of carbonyl (C=O) groups excluding carboxylic acids is 1. The molecule has 2 rings (SSSR count). The molecule has 0 bridgehead atoms. The van der Waals surface area contributed by atoms with Gasteiger partial charge >= 0.3 is 0 Å². The summed E-state index contributed by atoms with van der Waals surface area (Å²) < 4.78 is 0. The normalized spacial score (nSPS) is 19.7. The minimum Gasteiger partial charge on any atom is -0.394 e. The van der Waals surface area contributed by atoms with Crippen molar-refractivity contribution in [1.82, 2.24) is 10.3 Å². The van der Waals surface area contributed by atoms with Crippen LogP contribution >= 0.6 is 0 Å². The Morgan fingerprint density at radius 2 is 2.16 bits per heavy atom. The second kappa shape index (κ2) is 6.15. The van der Waals surface area contributed by atoms with Gasteiger partial charge < -0.3 is 10.4 Å². The molecule has 104 valence electrons. The van der Waals surface area contributed by atoms with Crippen LogP contribution in [0.25, 0.3) is 0 Å². The largest absolute Gasteiger partial charge is 0.394 e. The minimum absolute atomic E-state index is 0.0315. The van der Waals surface area contributed by atoms with Crippen molar-refractivity contribution >= 4 is 5.91 Å². The summed E-state index contributed by atoms with van der Waals surface area (Å²) in [6.45, 7) is 1.90. The zero-order valence-electron chi connectivity index (χ0n) is 11.4. The molecule has 1 fully saturated rings. The van der Waals surface area contributed by atoms with E-state index in [1.165, 1.54) is 19.3 Å². The lowest BCUT2D eigenvalue weighted by molar-refractivity contribution is 0.0675. The van der Waals surface area contributed by atoms with E-state index in [4.69, 9.17) is 0 Å². The second-order valence-electron chi connectivity index (χ2n) is 5.58. The van der Waals surface area contributed by atoms with E-state index in [1.807, 2.05) is 6.92 Å². The maximum atomic E-state index is 12.2. The molecule has 2 N–H and O–H groups in total. The van der Waals surface area contributed by atoms with Gasteiger partial charge in [-0.15, -0.1) is 0 Å². The van der Waals surface area contributed by atoms with Crippen molar-refractivity contribution in [2.45, 2.75) is 44.6 Å². The summed E-state index contributed by atoms with van der Waals surface area (Å²) in [5.74, 6) is 0.140. The maximum absolute atomic E-state index is 12.2. The van der Waals surface area contributed by atoms with Gasteiger partial charge in [-0.2, -0.15) is 0 Å². The molecule has 0 saturated heterocycles. The van der Waals surface area contributed by atoms with Crippen LogP contribution in [0.5, 0.6) is 0 Å². The van der Waals surface area contributed by atoms with Crippen LogP contribution in [0.4, 0.5) is 0 Å². The highest BCUT2D eigenvalue weighted by atomic mass is 16.3. The molecule has 1 aromatic rings. The van der Waals surface area contributed by atoms with Gasteiger partial charge in [0, 0.05) is 6.20 Å². The van der Waals surface area contributed by atoms with Crippen LogP contribution in [0, 0.1) is 5.92 Å². The summed E-state index contributed by atoms with van der Waals surface area (Å²) in [5, 5.41) is 12.7. The van der Waals surface area contributed by atoms with Gasteiger partial charge in [-0.3, -0.25) is 9.78 Å². The van der Waals surface area contributed by atoms with E-state index in [0.717, 1.165) is 12.8 Å². The molecule has 1 heterocycles. The number of pyridine rings is 1. The van der Waals surface area contributed by atoms with Crippen molar-refractivity contribution in [2.75, 3.05) is 6.61 Å². The zero-order chi connectivity index (χ0) is 13.7. The SMILES string of the molecule is CC(CO)(NC(=O)c1ccccn1)C1CCCCC1. The Balaban J connectivity index is 2.07.